The zero-order valence-corrected chi connectivity index (χ0v) is 11.0. The highest BCUT2D eigenvalue weighted by Gasteiger charge is 2.20. The Hall–Kier alpha value is -1.23. The fourth-order valence-electron chi connectivity index (χ4n) is 1.85. The lowest BCUT2D eigenvalue weighted by molar-refractivity contribution is -0.136. The highest BCUT2D eigenvalue weighted by Crippen LogP contribution is 2.40. The summed E-state index contributed by atoms with van der Waals surface area (Å²) in [6.07, 6.45) is 0.541. The number of hydrogen-bond donors (Lipinski definition) is 1. The Labute approximate surface area is 108 Å². The number of halogens is 1. The Balaban J connectivity index is 2.39. The minimum atomic E-state index is -0.810. The van der Waals surface area contributed by atoms with Gasteiger partial charge in [-0.15, -0.1) is 0 Å². The van der Waals surface area contributed by atoms with Gasteiger partial charge in [-0.1, -0.05) is 15.9 Å². The number of carboxylic acid groups (broad SMARTS) is 1. The predicted octanol–water partition coefficient (Wildman–Crippen LogP) is 2.55. The quantitative estimate of drug-likeness (QED) is 0.932. The molecule has 92 valence electrons. The normalized spacial score (nSPS) is 13.5. The summed E-state index contributed by atoms with van der Waals surface area (Å²) < 4.78 is 12.0. The van der Waals surface area contributed by atoms with Crippen LogP contribution >= 0.6 is 15.9 Å². The SMILES string of the molecule is Cc1c(Br)cc2c(c1CCC(=O)O)OCCO2. The summed E-state index contributed by atoms with van der Waals surface area (Å²) in [7, 11) is 0. The predicted molar refractivity (Wildman–Crippen MR) is 65.8 cm³/mol. The largest absolute Gasteiger partial charge is 0.486 e. The number of ether oxygens (including phenoxy) is 2. The van der Waals surface area contributed by atoms with Gasteiger partial charge in [-0.05, 0) is 25.0 Å². The molecule has 1 heterocycles. The molecular formula is C12H13BrO4. The lowest BCUT2D eigenvalue weighted by Gasteiger charge is -2.23. The number of benzene rings is 1. The first-order chi connectivity index (χ1) is 8.09. The van der Waals surface area contributed by atoms with Crippen molar-refractivity contribution in [1.82, 2.24) is 0 Å². The zero-order chi connectivity index (χ0) is 12.4. The van der Waals surface area contributed by atoms with Crippen molar-refractivity contribution in [3.63, 3.8) is 0 Å². The van der Waals surface area contributed by atoms with Crippen molar-refractivity contribution >= 4 is 21.9 Å². The van der Waals surface area contributed by atoms with Crippen LogP contribution in [0.25, 0.3) is 0 Å². The maximum atomic E-state index is 10.7. The van der Waals surface area contributed by atoms with Crippen LogP contribution < -0.4 is 9.47 Å². The highest BCUT2D eigenvalue weighted by molar-refractivity contribution is 9.10. The molecular weight excluding hydrogens is 288 g/mol. The van der Waals surface area contributed by atoms with E-state index in [1.165, 1.54) is 0 Å². The molecule has 5 heteroatoms. The van der Waals surface area contributed by atoms with Crippen LogP contribution in [0, 0.1) is 6.92 Å². The van der Waals surface area contributed by atoms with Crippen LogP contribution in [0.3, 0.4) is 0 Å². The van der Waals surface area contributed by atoms with Gasteiger partial charge < -0.3 is 14.6 Å². The Morgan fingerprint density at radius 3 is 2.88 bits per heavy atom. The molecule has 0 amide bonds. The molecule has 2 rings (SSSR count). The van der Waals surface area contributed by atoms with E-state index in [-0.39, 0.29) is 6.42 Å². The van der Waals surface area contributed by atoms with E-state index in [0.29, 0.717) is 31.1 Å². The van der Waals surface area contributed by atoms with Crippen LogP contribution in [0.5, 0.6) is 11.5 Å². The second-order valence-electron chi connectivity index (χ2n) is 3.88. The summed E-state index contributed by atoms with van der Waals surface area (Å²) in [6.45, 7) is 2.98. The number of aliphatic carboxylic acids is 1. The summed E-state index contributed by atoms with van der Waals surface area (Å²) >= 11 is 3.45. The molecule has 1 aliphatic rings. The third-order valence-electron chi connectivity index (χ3n) is 2.74. The molecule has 1 aliphatic heterocycles. The molecule has 0 saturated carbocycles. The van der Waals surface area contributed by atoms with E-state index >= 15 is 0 Å². The van der Waals surface area contributed by atoms with Crippen LogP contribution in [0.15, 0.2) is 10.5 Å². The van der Waals surface area contributed by atoms with Gasteiger partial charge in [-0.25, -0.2) is 0 Å². The third-order valence-corrected chi connectivity index (χ3v) is 3.57. The van der Waals surface area contributed by atoms with Crippen molar-refractivity contribution in [2.45, 2.75) is 19.8 Å². The average Bonchev–Trinajstić information content (AvgIpc) is 2.29. The van der Waals surface area contributed by atoms with Crippen molar-refractivity contribution in [2.24, 2.45) is 0 Å². The molecule has 0 aliphatic carbocycles. The van der Waals surface area contributed by atoms with Gasteiger partial charge >= 0.3 is 5.97 Å². The van der Waals surface area contributed by atoms with Crippen molar-refractivity contribution < 1.29 is 19.4 Å². The summed E-state index contributed by atoms with van der Waals surface area (Å²) in [6, 6.07) is 1.87. The maximum Gasteiger partial charge on any atom is 0.303 e. The van der Waals surface area contributed by atoms with Crippen molar-refractivity contribution in [3.8, 4) is 11.5 Å². The van der Waals surface area contributed by atoms with Gasteiger partial charge in [0.05, 0.1) is 0 Å². The molecule has 0 fully saturated rings. The van der Waals surface area contributed by atoms with Crippen molar-refractivity contribution in [3.05, 3.63) is 21.7 Å². The van der Waals surface area contributed by atoms with E-state index in [9.17, 15) is 4.79 Å². The Morgan fingerprint density at radius 1 is 1.47 bits per heavy atom. The van der Waals surface area contributed by atoms with Crippen LogP contribution in [0.1, 0.15) is 17.5 Å². The van der Waals surface area contributed by atoms with E-state index in [1.807, 2.05) is 13.0 Å². The minimum absolute atomic E-state index is 0.0904. The van der Waals surface area contributed by atoms with E-state index in [1.54, 1.807) is 0 Å². The van der Waals surface area contributed by atoms with Gasteiger partial charge in [0.2, 0.25) is 0 Å². The molecule has 17 heavy (non-hydrogen) atoms. The molecule has 0 spiro atoms. The fraction of sp³-hybridized carbons (Fsp3) is 0.417. The summed E-state index contributed by atoms with van der Waals surface area (Å²) in [5, 5.41) is 8.76. The van der Waals surface area contributed by atoms with E-state index < -0.39 is 5.97 Å². The van der Waals surface area contributed by atoms with Gasteiger partial charge in [0.15, 0.2) is 11.5 Å². The molecule has 0 unspecified atom stereocenters. The number of carbonyl (C=O) groups is 1. The van der Waals surface area contributed by atoms with Crippen LogP contribution in [-0.4, -0.2) is 24.3 Å². The van der Waals surface area contributed by atoms with E-state index in [0.717, 1.165) is 15.6 Å². The highest BCUT2D eigenvalue weighted by atomic mass is 79.9. The summed E-state index contributed by atoms with van der Waals surface area (Å²) in [5.74, 6) is 0.571. The fourth-order valence-corrected chi connectivity index (χ4v) is 2.29. The molecule has 1 N–H and O–H groups in total. The van der Waals surface area contributed by atoms with Crippen molar-refractivity contribution in [2.75, 3.05) is 13.2 Å². The second kappa shape index (κ2) is 4.96. The van der Waals surface area contributed by atoms with Gasteiger partial charge in [0, 0.05) is 16.5 Å². The Morgan fingerprint density at radius 2 is 2.18 bits per heavy atom. The van der Waals surface area contributed by atoms with Crippen LogP contribution in [0.4, 0.5) is 0 Å². The first kappa shape index (κ1) is 12.2. The third kappa shape index (κ3) is 2.54. The topological polar surface area (TPSA) is 55.8 Å². The number of rotatable bonds is 3. The monoisotopic (exact) mass is 300 g/mol. The molecule has 0 atom stereocenters. The molecule has 0 bridgehead atoms. The minimum Gasteiger partial charge on any atom is -0.486 e. The zero-order valence-electron chi connectivity index (χ0n) is 9.46. The number of fused-ring (bicyclic) bond motifs is 1. The average molecular weight is 301 g/mol. The van der Waals surface area contributed by atoms with Gasteiger partial charge in [0.25, 0.3) is 0 Å². The first-order valence-electron chi connectivity index (χ1n) is 5.39. The van der Waals surface area contributed by atoms with E-state index in [4.69, 9.17) is 14.6 Å². The summed E-state index contributed by atoms with van der Waals surface area (Å²) in [5.41, 5.74) is 1.92. The lowest BCUT2D eigenvalue weighted by atomic mass is 10.0. The first-order valence-corrected chi connectivity index (χ1v) is 6.18. The standard InChI is InChI=1S/C12H13BrO4/c1-7-8(2-3-11(14)15)12-10(6-9(7)13)16-4-5-17-12/h6H,2-5H2,1H3,(H,14,15). The maximum absolute atomic E-state index is 10.7. The van der Waals surface area contributed by atoms with Crippen molar-refractivity contribution in [1.29, 1.82) is 0 Å². The second-order valence-corrected chi connectivity index (χ2v) is 4.73. The van der Waals surface area contributed by atoms with Gasteiger partial charge in [-0.2, -0.15) is 0 Å². The lowest BCUT2D eigenvalue weighted by Crippen LogP contribution is -2.17. The number of carboxylic acids is 1. The molecule has 0 radical (unpaired) electrons. The van der Waals surface area contributed by atoms with Crippen LogP contribution in [0.2, 0.25) is 0 Å². The molecule has 1 aromatic carbocycles. The van der Waals surface area contributed by atoms with E-state index in [2.05, 4.69) is 15.9 Å². The summed E-state index contributed by atoms with van der Waals surface area (Å²) in [4.78, 5) is 10.7. The smallest absolute Gasteiger partial charge is 0.303 e. The Bertz CT molecular complexity index is 456. The van der Waals surface area contributed by atoms with Gasteiger partial charge in [-0.3, -0.25) is 4.79 Å². The molecule has 0 aromatic heterocycles. The number of hydrogen-bond acceptors (Lipinski definition) is 3. The molecule has 1 aromatic rings. The molecule has 4 nitrogen and oxygen atoms in total. The Kier molecular flexibility index (Phi) is 3.57. The van der Waals surface area contributed by atoms with Gasteiger partial charge in [0.1, 0.15) is 13.2 Å². The molecule has 0 saturated heterocycles. The van der Waals surface area contributed by atoms with Crippen LogP contribution in [-0.2, 0) is 11.2 Å².